The Kier molecular flexibility index (Phi) is 3.23. The van der Waals surface area contributed by atoms with E-state index < -0.39 is 0 Å². The van der Waals surface area contributed by atoms with Gasteiger partial charge in [0.05, 0.1) is 5.57 Å². The van der Waals surface area contributed by atoms with Gasteiger partial charge in [-0.25, -0.2) is 0 Å². The topological polar surface area (TPSA) is 71.4 Å². The molecule has 0 N–H and O–H groups in total. The summed E-state index contributed by atoms with van der Waals surface area (Å²) in [4.78, 5) is 0. The second-order valence-electron chi connectivity index (χ2n) is 2.90. The van der Waals surface area contributed by atoms with Gasteiger partial charge in [0.1, 0.15) is 23.8 Å². The van der Waals surface area contributed by atoms with E-state index in [-0.39, 0.29) is 11.1 Å². The zero-order chi connectivity index (χ0) is 11.3. The maximum atomic E-state index is 8.93. The zero-order valence-electron chi connectivity index (χ0n) is 8.15. The highest BCUT2D eigenvalue weighted by molar-refractivity contribution is 5.85. The van der Waals surface area contributed by atoms with Crippen LogP contribution in [0.1, 0.15) is 11.1 Å². The molecular weight excluding hydrogens is 186 g/mol. The summed E-state index contributed by atoms with van der Waals surface area (Å²) in [5.41, 5.74) is 1.50. The van der Waals surface area contributed by atoms with E-state index >= 15 is 0 Å². The SMILES string of the molecule is Cc1ccccc1C(C#N)=C(C#N)C#N. The molecule has 0 aliphatic rings. The molecule has 70 valence electrons. The lowest BCUT2D eigenvalue weighted by atomic mass is 9.98. The van der Waals surface area contributed by atoms with E-state index in [0.717, 1.165) is 5.56 Å². The molecule has 3 nitrogen and oxygen atoms in total. The predicted octanol–water partition coefficient (Wildman–Crippen LogP) is 2.32. The minimum atomic E-state index is -0.146. The normalized spacial score (nSPS) is 8.13. The molecule has 0 aliphatic carbocycles. The number of rotatable bonds is 1. The van der Waals surface area contributed by atoms with Crippen molar-refractivity contribution in [3.8, 4) is 18.2 Å². The molecule has 0 fully saturated rings. The van der Waals surface area contributed by atoms with Crippen LogP contribution in [0.15, 0.2) is 29.8 Å². The molecule has 0 amide bonds. The molecule has 1 aromatic carbocycles. The Morgan fingerprint density at radius 2 is 1.60 bits per heavy atom. The first-order chi connectivity index (χ1) is 7.24. The second kappa shape index (κ2) is 4.61. The van der Waals surface area contributed by atoms with Crippen molar-refractivity contribution in [1.29, 1.82) is 15.8 Å². The van der Waals surface area contributed by atoms with E-state index in [1.54, 1.807) is 24.3 Å². The van der Waals surface area contributed by atoms with Crippen LogP contribution in [0.2, 0.25) is 0 Å². The van der Waals surface area contributed by atoms with E-state index in [1.165, 1.54) is 0 Å². The van der Waals surface area contributed by atoms with Gasteiger partial charge >= 0.3 is 0 Å². The van der Waals surface area contributed by atoms with Crippen molar-refractivity contribution < 1.29 is 0 Å². The van der Waals surface area contributed by atoms with Crippen LogP contribution in [0.3, 0.4) is 0 Å². The Balaban J connectivity index is 3.49. The average Bonchev–Trinajstić information content (AvgIpc) is 2.27. The highest BCUT2D eigenvalue weighted by Gasteiger charge is 2.09. The Morgan fingerprint density at radius 3 is 2.07 bits per heavy atom. The minimum Gasteiger partial charge on any atom is -0.192 e. The lowest BCUT2D eigenvalue weighted by Crippen LogP contribution is -1.89. The van der Waals surface area contributed by atoms with Crippen LogP contribution in [-0.2, 0) is 0 Å². The first-order valence-electron chi connectivity index (χ1n) is 4.25. The van der Waals surface area contributed by atoms with Crippen molar-refractivity contribution in [1.82, 2.24) is 0 Å². The van der Waals surface area contributed by atoms with Gasteiger partial charge in [0.15, 0.2) is 0 Å². The van der Waals surface area contributed by atoms with Gasteiger partial charge in [0, 0.05) is 0 Å². The Hall–Kier alpha value is -2.57. The maximum absolute atomic E-state index is 8.93. The summed E-state index contributed by atoms with van der Waals surface area (Å²) in [6.45, 7) is 1.83. The van der Waals surface area contributed by atoms with E-state index in [4.69, 9.17) is 15.8 Å². The number of aryl methyl sites for hydroxylation is 1. The third-order valence-corrected chi connectivity index (χ3v) is 2.00. The van der Waals surface area contributed by atoms with Crippen LogP contribution in [0.25, 0.3) is 5.57 Å². The fraction of sp³-hybridized carbons (Fsp3) is 0.0833. The molecule has 0 atom stereocenters. The number of allylic oxidation sites excluding steroid dienone is 2. The van der Waals surface area contributed by atoms with Crippen molar-refractivity contribution in [3.05, 3.63) is 41.0 Å². The summed E-state index contributed by atoms with van der Waals surface area (Å²) in [5.74, 6) is 0. The van der Waals surface area contributed by atoms with Crippen molar-refractivity contribution >= 4 is 5.57 Å². The lowest BCUT2D eigenvalue weighted by Gasteiger charge is -2.02. The zero-order valence-corrected chi connectivity index (χ0v) is 8.15. The van der Waals surface area contributed by atoms with Gasteiger partial charge in [-0.05, 0) is 18.1 Å². The fourth-order valence-electron chi connectivity index (χ4n) is 1.24. The summed E-state index contributed by atoms with van der Waals surface area (Å²) >= 11 is 0. The highest BCUT2D eigenvalue weighted by atomic mass is 14.3. The lowest BCUT2D eigenvalue weighted by molar-refractivity contribution is 1.40. The van der Waals surface area contributed by atoms with Crippen LogP contribution >= 0.6 is 0 Å². The molecule has 1 rings (SSSR count). The predicted molar refractivity (Wildman–Crippen MR) is 54.9 cm³/mol. The van der Waals surface area contributed by atoms with Gasteiger partial charge < -0.3 is 0 Å². The second-order valence-corrected chi connectivity index (χ2v) is 2.90. The summed E-state index contributed by atoms with van der Waals surface area (Å²) < 4.78 is 0. The summed E-state index contributed by atoms with van der Waals surface area (Å²) in [6, 6.07) is 12.5. The van der Waals surface area contributed by atoms with Gasteiger partial charge in [-0.3, -0.25) is 0 Å². The fourth-order valence-corrected chi connectivity index (χ4v) is 1.24. The monoisotopic (exact) mass is 193 g/mol. The van der Waals surface area contributed by atoms with Crippen LogP contribution in [-0.4, -0.2) is 0 Å². The van der Waals surface area contributed by atoms with Gasteiger partial charge in [-0.2, -0.15) is 15.8 Å². The summed E-state index contributed by atoms with van der Waals surface area (Å²) in [6.07, 6.45) is 0. The Labute approximate surface area is 88.1 Å². The van der Waals surface area contributed by atoms with Crippen LogP contribution in [0, 0.1) is 40.9 Å². The van der Waals surface area contributed by atoms with Crippen molar-refractivity contribution in [2.24, 2.45) is 0 Å². The van der Waals surface area contributed by atoms with E-state index in [1.807, 2.05) is 25.1 Å². The van der Waals surface area contributed by atoms with Crippen molar-refractivity contribution in [2.45, 2.75) is 6.92 Å². The van der Waals surface area contributed by atoms with Crippen molar-refractivity contribution in [2.75, 3.05) is 0 Å². The first kappa shape index (κ1) is 10.5. The molecule has 0 saturated carbocycles. The number of nitrogens with zero attached hydrogens (tertiary/aromatic N) is 3. The molecule has 1 aromatic rings. The molecule has 0 saturated heterocycles. The standard InChI is InChI=1S/C12H7N3/c1-9-4-2-3-5-11(9)12(8-15)10(6-13)7-14/h2-5H,1H3. The number of hydrogen-bond acceptors (Lipinski definition) is 3. The molecule has 0 unspecified atom stereocenters. The highest BCUT2D eigenvalue weighted by Crippen LogP contribution is 2.20. The summed E-state index contributed by atoms with van der Waals surface area (Å²) in [7, 11) is 0. The summed E-state index contributed by atoms with van der Waals surface area (Å²) in [5, 5.41) is 26.3. The molecule has 0 aromatic heterocycles. The molecule has 3 heteroatoms. The molecular formula is C12H7N3. The van der Waals surface area contributed by atoms with E-state index in [2.05, 4.69) is 0 Å². The quantitative estimate of drug-likeness (QED) is 0.642. The third kappa shape index (κ3) is 2.02. The number of hydrogen-bond donors (Lipinski definition) is 0. The molecule has 0 radical (unpaired) electrons. The average molecular weight is 193 g/mol. The van der Waals surface area contributed by atoms with Gasteiger partial charge in [0.2, 0.25) is 0 Å². The van der Waals surface area contributed by atoms with Gasteiger partial charge in [-0.15, -0.1) is 0 Å². The third-order valence-electron chi connectivity index (χ3n) is 2.00. The van der Waals surface area contributed by atoms with E-state index in [0.29, 0.717) is 5.56 Å². The molecule has 0 spiro atoms. The minimum absolute atomic E-state index is 0.137. The molecule has 0 bridgehead atoms. The number of benzene rings is 1. The van der Waals surface area contributed by atoms with Gasteiger partial charge in [0.25, 0.3) is 0 Å². The van der Waals surface area contributed by atoms with Gasteiger partial charge in [-0.1, -0.05) is 24.3 Å². The largest absolute Gasteiger partial charge is 0.192 e. The van der Waals surface area contributed by atoms with Crippen LogP contribution in [0.4, 0.5) is 0 Å². The molecule has 15 heavy (non-hydrogen) atoms. The molecule has 0 heterocycles. The van der Waals surface area contributed by atoms with Crippen LogP contribution < -0.4 is 0 Å². The van der Waals surface area contributed by atoms with Crippen molar-refractivity contribution in [3.63, 3.8) is 0 Å². The Morgan fingerprint density at radius 1 is 1.00 bits per heavy atom. The van der Waals surface area contributed by atoms with Crippen LogP contribution in [0.5, 0.6) is 0 Å². The Bertz CT molecular complexity index is 517. The maximum Gasteiger partial charge on any atom is 0.148 e. The first-order valence-corrected chi connectivity index (χ1v) is 4.25. The molecule has 0 aliphatic heterocycles. The smallest absolute Gasteiger partial charge is 0.148 e. The number of nitriles is 3. The van der Waals surface area contributed by atoms with E-state index in [9.17, 15) is 0 Å².